The van der Waals surface area contributed by atoms with Gasteiger partial charge in [-0.2, -0.15) is 5.10 Å². The van der Waals surface area contributed by atoms with Crippen LogP contribution in [0.5, 0.6) is 0 Å². The second-order valence-electron chi connectivity index (χ2n) is 10.4. The van der Waals surface area contributed by atoms with Crippen LogP contribution >= 0.6 is 0 Å². The molecule has 3 heterocycles. The van der Waals surface area contributed by atoms with Gasteiger partial charge in [-0.3, -0.25) is 19.2 Å². The van der Waals surface area contributed by atoms with E-state index in [1.807, 2.05) is 4.90 Å². The van der Waals surface area contributed by atoms with E-state index in [0.29, 0.717) is 45.0 Å². The zero-order valence-corrected chi connectivity index (χ0v) is 21.8. The first-order valence-electron chi connectivity index (χ1n) is 13.3. The van der Waals surface area contributed by atoms with Crippen molar-refractivity contribution in [2.24, 2.45) is 0 Å². The van der Waals surface area contributed by atoms with Crippen LogP contribution in [0.3, 0.4) is 0 Å². The Labute approximate surface area is 216 Å². The van der Waals surface area contributed by atoms with Crippen LogP contribution in [0.1, 0.15) is 39.3 Å². The van der Waals surface area contributed by atoms with Crippen LogP contribution in [0.25, 0.3) is 0 Å². The average Bonchev–Trinajstić information content (AvgIpc) is 3.49. The van der Waals surface area contributed by atoms with E-state index in [2.05, 4.69) is 42.0 Å². The Morgan fingerprint density at radius 3 is 2.35 bits per heavy atom. The number of anilines is 1. The van der Waals surface area contributed by atoms with E-state index >= 15 is 0 Å². The normalized spacial score (nSPS) is 18.6. The summed E-state index contributed by atoms with van der Waals surface area (Å²) in [6, 6.07) is 6.34. The highest BCUT2D eigenvalue weighted by atomic mass is 19.3. The molecule has 1 aliphatic carbocycles. The minimum Gasteiger partial charge on any atom is -0.368 e. The quantitative estimate of drug-likeness (QED) is 0.592. The zero-order chi connectivity index (χ0) is 26.1. The number of carbonyl (C=O) groups is 2. The van der Waals surface area contributed by atoms with Crippen molar-refractivity contribution in [3.63, 3.8) is 0 Å². The average molecular weight is 515 g/mol. The SMILES string of the molecule is Cc1cccc(N2CCN(C(=O)Cn3nc(C(=O)N4CCN(CC(F)F)CC4)c4c3CCC4)CC2)c1C. The molecule has 0 atom stereocenters. The van der Waals surface area contributed by atoms with Crippen molar-refractivity contribution in [3.8, 4) is 0 Å². The molecule has 3 aliphatic rings. The predicted octanol–water partition coefficient (Wildman–Crippen LogP) is 2.36. The van der Waals surface area contributed by atoms with Crippen molar-refractivity contribution < 1.29 is 18.4 Å². The summed E-state index contributed by atoms with van der Waals surface area (Å²) in [7, 11) is 0. The topological polar surface area (TPSA) is 64.9 Å². The monoisotopic (exact) mass is 514 g/mol. The van der Waals surface area contributed by atoms with E-state index in [1.165, 1.54) is 16.8 Å². The first-order valence-corrected chi connectivity index (χ1v) is 13.3. The Kier molecular flexibility index (Phi) is 7.46. The van der Waals surface area contributed by atoms with Crippen LogP contribution in [0.4, 0.5) is 14.5 Å². The summed E-state index contributed by atoms with van der Waals surface area (Å²) in [5.74, 6) is -0.124. The van der Waals surface area contributed by atoms with E-state index in [-0.39, 0.29) is 24.9 Å². The van der Waals surface area contributed by atoms with Gasteiger partial charge in [0.15, 0.2) is 5.69 Å². The van der Waals surface area contributed by atoms with Crippen LogP contribution in [0.2, 0.25) is 0 Å². The molecule has 200 valence electrons. The predicted molar refractivity (Wildman–Crippen MR) is 137 cm³/mol. The molecule has 0 spiro atoms. The highest BCUT2D eigenvalue weighted by Gasteiger charge is 2.32. The largest absolute Gasteiger partial charge is 0.368 e. The van der Waals surface area contributed by atoms with Crippen molar-refractivity contribution in [1.29, 1.82) is 0 Å². The van der Waals surface area contributed by atoms with Crippen LogP contribution in [-0.2, 0) is 24.2 Å². The Balaban J connectivity index is 1.21. The van der Waals surface area contributed by atoms with Crippen molar-refractivity contribution in [1.82, 2.24) is 24.5 Å². The molecule has 0 saturated carbocycles. The van der Waals surface area contributed by atoms with Crippen LogP contribution in [0, 0.1) is 13.8 Å². The fourth-order valence-electron chi connectivity index (χ4n) is 5.79. The third-order valence-corrected chi connectivity index (χ3v) is 8.10. The number of rotatable bonds is 6. The molecule has 0 unspecified atom stereocenters. The number of piperazine rings is 2. The molecule has 2 saturated heterocycles. The molecule has 2 aromatic rings. The lowest BCUT2D eigenvalue weighted by Gasteiger charge is -2.37. The molecule has 2 fully saturated rings. The number of aryl methyl sites for hydroxylation is 1. The molecular weight excluding hydrogens is 478 g/mol. The number of hydrogen-bond donors (Lipinski definition) is 0. The van der Waals surface area contributed by atoms with Gasteiger partial charge in [0.05, 0.1) is 6.54 Å². The highest BCUT2D eigenvalue weighted by molar-refractivity contribution is 5.94. The van der Waals surface area contributed by atoms with Gasteiger partial charge >= 0.3 is 0 Å². The molecule has 2 amide bonds. The molecule has 0 N–H and O–H groups in total. The third kappa shape index (κ3) is 5.35. The Hall–Kier alpha value is -3.01. The minimum absolute atomic E-state index is 0.0254. The van der Waals surface area contributed by atoms with Crippen molar-refractivity contribution >= 4 is 17.5 Å². The summed E-state index contributed by atoms with van der Waals surface area (Å²) < 4.78 is 27.1. The van der Waals surface area contributed by atoms with Crippen LogP contribution < -0.4 is 4.90 Å². The Bertz CT molecular complexity index is 1150. The van der Waals surface area contributed by atoms with Crippen LogP contribution in [0.15, 0.2) is 18.2 Å². The number of hydrogen-bond acceptors (Lipinski definition) is 5. The number of nitrogens with zero attached hydrogens (tertiary/aromatic N) is 6. The Morgan fingerprint density at radius 2 is 1.65 bits per heavy atom. The summed E-state index contributed by atoms with van der Waals surface area (Å²) in [6.07, 6.45) is 0.169. The fraction of sp³-hybridized carbons (Fsp3) is 0.593. The van der Waals surface area contributed by atoms with Crippen molar-refractivity contribution in [3.05, 3.63) is 46.3 Å². The molecule has 0 radical (unpaired) electrons. The summed E-state index contributed by atoms with van der Waals surface area (Å²) in [5.41, 5.74) is 6.15. The summed E-state index contributed by atoms with van der Waals surface area (Å²) in [5, 5.41) is 4.63. The molecule has 0 bridgehead atoms. The number of aromatic nitrogens is 2. The lowest BCUT2D eigenvalue weighted by Crippen LogP contribution is -2.50. The summed E-state index contributed by atoms with van der Waals surface area (Å²) in [6.45, 7) is 8.73. The third-order valence-electron chi connectivity index (χ3n) is 8.10. The second-order valence-corrected chi connectivity index (χ2v) is 10.4. The van der Waals surface area contributed by atoms with Gasteiger partial charge < -0.3 is 14.7 Å². The zero-order valence-electron chi connectivity index (χ0n) is 21.8. The first kappa shape index (κ1) is 25.6. The maximum Gasteiger partial charge on any atom is 0.274 e. The summed E-state index contributed by atoms with van der Waals surface area (Å²) in [4.78, 5) is 34.2. The smallest absolute Gasteiger partial charge is 0.274 e. The molecule has 8 nitrogen and oxygen atoms in total. The van der Waals surface area contributed by atoms with E-state index < -0.39 is 6.43 Å². The van der Waals surface area contributed by atoms with E-state index in [1.54, 1.807) is 14.5 Å². The molecule has 10 heteroatoms. The molecule has 2 aliphatic heterocycles. The maximum atomic E-state index is 13.3. The number of benzene rings is 1. The second kappa shape index (κ2) is 10.8. The lowest BCUT2D eigenvalue weighted by molar-refractivity contribution is -0.132. The molecule has 1 aromatic carbocycles. The van der Waals surface area contributed by atoms with Gasteiger partial charge in [-0.1, -0.05) is 12.1 Å². The first-order chi connectivity index (χ1) is 17.8. The number of amides is 2. The minimum atomic E-state index is -2.37. The lowest BCUT2D eigenvalue weighted by atomic mass is 10.1. The number of alkyl halides is 2. The van der Waals surface area contributed by atoms with Gasteiger partial charge in [0.2, 0.25) is 5.91 Å². The van der Waals surface area contributed by atoms with E-state index in [9.17, 15) is 18.4 Å². The van der Waals surface area contributed by atoms with Crippen LogP contribution in [-0.4, -0.2) is 102 Å². The van der Waals surface area contributed by atoms with Gasteiger partial charge in [-0.05, 0) is 50.3 Å². The fourth-order valence-corrected chi connectivity index (χ4v) is 5.79. The molecular formula is C27H36F2N6O2. The highest BCUT2D eigenvalue weighted by Crippen LogP contribution is 2.27. The van der Waals surface area contributed by atoms with E-state index in [4.69, 9.17) is 0 Å². The number of fused-ring (bicyclic) bond motifs is 1. The van der Waals surface area contributed by atoms with Gasteiger partial charge in [0, 0.05) is 69.3 Å². The maximum absolute atomic E-state index is 13.3. The Morgan fingerprint density at radius 1 is 0.946 bits per heavy atom. The molecule has 37 heavy (non-hydrogen) atoms. The summed E-state index contributed by atoms with van der Waals surface area (Å²) >= 11 is 0. The number of carbonyl (C=O) groups excluding carboxylic acids is 2. The standard InChI is InChI=1S/C27H36F2N6O2/c1-19-5-3-7-22(20(19)2)32-13-15-33(16-14-32)25(36)18-35-23-8-4-6-21(23)26(30-35)27(37)34-11-9-31(10-12-34)17-24(28)29/h3,5,7,24H,4,6,8-18H2,1-2H3. The number of halogens is 2. The van der Waals surface area contributed by atoms with E-state index in [0.717, 1.165) is 43.6 Å². The van der Waals surface area contributed by atoms with Gasteiger partial charge in [-0.25, -0.2) is 8.78 Å². The van der Waals surface area contributed by atoms with Gasteiger partial charge in [-0.15, -0.1) is 0 Å². The molecule has 5 rings (SSSR count). The van der Waals surface area contributed by atoms with Gasteiger partial charge in [0.25, 0.3) is 12.3 Å². The van der Waals surface area contributed by atoms with Crippen molar-refractivity contribution in [2.75, 3.05) is 63.8 Å². The molecule has 1 aromatic heterocycles. The van der Waals surface area contributed by atoms with Gasteiger partial charge in [0.1, 0.15) is 6.54 Å². The van der Waals surface area contributed by atoms with Crippen molar-refractivity contribution in [2.45, 2.75) is 46.1 Å².